The molecule has 1 aromatic carbocycles. The number of rotatable bonds is 2. The first kappa shape index (κ1) is 15.5. The summed E-state index contributed by atoms with van der Waals surface area (Å²) in [7, 11) is -1.28. The van der Waals surface area contributed by atoms with Gasteiger partial charge in [0, 0.05) is 25.7 Å². The zero-order valence-electron chi connectivity index (χ0n) is 13.0. The molecule has 0 saturated carbocycles. The predicted molar refractivity (Wildman–Crippen MR) is 85.0 cm³/mol. The fourth-order valence-electron chi connectivity index (χ4n) is 3.79. The molecule has 2 heterocycles. The zero-order chi connectivity index (χ0) is 16.0. The molecule has 3 rings (SSSR count). The van der Waals surface area contributed by atoms with Crippen LogP contribution in [0.15, 0.2) is 30.3 Å². The fraction of sp³-hybridized carbons (Fsp3) is 0.562. The molecular weight excluding hydrogens is 300 g/mol. The molecule has 5 nitrogen and oxygen atoms in total. The molecule has 1 aromatic rings. The van der Waals surface area contributed by atoms with Crippen LogP contribution in [-0.4, -0.2) is 55.5 Å². The Labute approximate surface area is 132 Å². The number of nitrogens with zero attached hydrogens (tertiary/aromatic N) is 2. The Bertz CT molecular complexity index is 664. The van der Waals surface area contributed by atoms with E-state index >= 15 is 0 Å². The molecule has 120 valence electrons. The molecule has 6 heteroatoms. The molecule has 2 saturated heterocycles. The summed E-state index contributed by atoms with van der Waals surface area (Å²) in [5, 5.41) is 0. The maximum absolute atomic E-state index is 12.7. The highest BCUT2D eigenvalue weighted by Crippen LogP contribution is 2.45. The molecule has 0 aliphatic carbocycles. The van der Waals surface area contributed by atoms with E-state index < -0.39 is 10.0 Å². The number of benzene rings is 1. The highest BCUT2D eigenvalue weighted by molar-refractivity contribution is 7.88. The van der Waals surface area contributed by atoms with Gasteiger partial charge in [-0.3, -0.25) is 4.79 Å². The van der Waals surface area contributed by atoms with Gasteiger partial charge in [0.1, 0.15) is 0 Å². The van der Waals surface area contributed by atoms with Gasteiger partial charge in [0.25, 0.3) is 0 Å². The van der Waals surface area contributed by atoms with Gasteiger partial charge in [-0.2, -0.15) is 0 Å². The second kappa shape index (κ2) is 5.35. The molecule has 1 amide bonds. The molecule has 22 heavy (non-hydrogen) atoms. The van der Waals surface area contributed by atoms with E-state index in [-0.39, 0.29) is 17.4 Å². The number of carbonyl (C=O) groups excluding carboxylic acids is 1. The molecule has 2 fully saturated rings. The molecule has 0 aromatic heterocycles. The normalized spacial score (nSPS) is 25.8. The van der Waals surface area contributed by atoms with Crippen molar-refractivity contribution in [2.45, 2.75) is 30.7 Å². The summed E-state index contributed by atoms with van der Waals surface area (Å²) in [6.07, 6.45) is 3.46. The minimum atomic E-state index is -3.14. The van der Waals surface area contributed by atoms with Crippen LogP contribution in [-0.2, 0) is 14.8 Å². The van der Waals surface area contributed by atoms with E-state index in [9.17, 15) is 13.2 Å². The highest BCUT2D eigenvalue weighted by atomic mass is 32.2. The molecule has 1 atom stereocenters. The quantitative estimate of drug-likeness (QED) is 0.827. The highest BCUT2D eigenvalue weighted by Gasteiger charge is 2.51. The first-order chi connectivity index (χ1) is 10.3. The Kier molecular flexibility index (Phi) is 3.77. The lowest BCUT2D eigenvalue weighted by Gasteiger charge is -2.42. The summed E-state index contributed by atoms with van der Waals surface area (Å²) < 4.78 is 24.9. The van der Waals surface area contributed by atoms with Crippen LogP contribution in [0.5, 0.6) is 0 Å². The molecule has 0 unspecified atom stereocenters. The summed E-state index contributed by atoms with van der Waals surface area (Å²) in [6, 6.07) is 9.87. The van der Waals surface area contributed by atoms with Crippen molar-refractivity contribution < 1.29 is 13.2 Å². The summed E-state index contributed by atoms with van der Waals surface area (Å²) in [6.45, 7) is 0.996. The number of sulfonamides is 1. The second-order valence-electron chi connectivity index (χ2n) is 6.45. The van der Waals surface area contributed by atoms with Crippen LogP contribution in [0.4, 0.5) is 0 Å². The Hall–Kier alpha value is -1.40. The number of hydrogen-bond donors (Lipinski definition) is 0. The molecule has 2 aliphatic rings. The van der Waals surface area contributed by atoms with Crippen LogP contribution in [0.3, 0.4) is 0 Å². The van der Waals surface area contributed by atoms with Crippen molar-refractivity contribution in [1.82, 2.24) is 9.21 Å². The SMILES string of the molecule is CN1C(=O)[C@@H](c2ccccc2)CC12CCN(S(C)(=O)=O)CC2. The maximum atomic E-state index is 12.7. The van der Waals surface area contributed by atoms with E-state index in [1.54, 1.807) is 0 Å². The third kappa shape index (κ3) is 2.54. The van der Waals surface area contributed by atoms with Gasteiger partial charge in [0.2, 0.25) is 15.9 Å². The minimum absolute atomic E-state index is 0.101. The van der Waals surface area contributed by atoms with Crippen molar-refractivity contribution in [2.75, 3.05) is 26.4 Å². The average molecular weight is 322 g/mol. The lowest BCUT2D eigenvalue weighted by Crippen LogP contribution is -2.52. The first-order valence-corrected chi connectivity index (χ1v) is 9.46. The number of piperidine rings is 1. The zero-order valence-corrected chi connectivity index (χ0v) is 13.8. The minimum Gasteiger partial charge on any atom is -0.339 e. The van der Waals surface area contributed by atoms with Crippen LogP contribution in [0, 0.1) is 0 Å². The number of amides is 1. The van der Waals surface area contributed by atoms with E-state index in [1.807, 2.05) is 42.3 Å². The largest absolute Gasteiger partial charge is 0.339 e. The van der Waals surface area contributed by atoms with E-state index in [2.05, 4.69) is 0 Å². The van der Waals surface area contributed by atoms with Crippen LogP contribution in [0.25, 0.3) is 0 Å². The van der Waals surface area contributed by atoms with Crippen molar-refractivity contribution in [3.8, 4) is 0 Å². The standard InChI is InChI=1S/C16H22N2O3S/c1-17-15(19)14(13-6-4-3-5-7-13)12-16(17)8-10-18(11-9-16)22(2,20)21/h3-7,14H,8-12H2,1-2H3/t14-/m1/s1. The van der Waals surface area contributed by atoms with Crippen molar-refractivity contribution >= 4 is 15.9 Å². The topological polar surface area (TPSA) is 57.7 Å². The van der Waals surface area contributed by atoms with Gasteiger partial charge in [0.05, 0.1) is 12.2 Å². The number of carbonyl (C=O) groups is 1. The number of hydrogen-bond acceptors (Lipinski definition) is 3. The third-order valence-electron chi connectivity index (χ3n) is 5.25. The van der Waals surface area contributed by atoms with Gasteiger partial charge < -0.3 is 4.90 Å². The van der Waals surface area contributed by atoms with E-state index in [1.165, 1.54) is 10.6 Å². The van der Waals surface area contributed by atoms with Gasteiger partial charge in [-0.25, -0.2) is 12.7 Å². The molecule has 2 aliphatic heterocycles. The molecular formula is C16H22N2O3S. The van der Waals surface area contributed by atoms with Crippen molar-refractivity contribution in [2.24, 2.45) is 0 Å². The number of likely N-dealkylation sites (N-methyl/N-ethyl adjacent to an activating group) is 1. The van der Waals surface area contributed by atoms with Gasteiger partial charge in [-0.1, -0.05) is 30.3 Å². The smallest absolute Gasteiger partial charge is 0.230 e. The Morgan fingerprint density at radius 1 is 1.14 bits per heavy atom. The molecule has 1 spiro atoms. The average Bonchev–Trinajstić information content (AvgIpc) is 2.73. The molecule has 0 N–H and O–H groups in total. The summed E-state index contributed by atoms with van der Waals surface area (Å²) in [5.74, 6) is 0.0509. The number of likely N-dealkylation sites (tertiary alicyclic amines) is 1. The van der Waals surface area contributed by atoms with Crippen LogP contribution >= 0.6 is 0 Å². The van der Waals surface area contributed by atoms with Gasteiger partial charge >= 0.3 is 0 Å². The molecule has 0 radical (unpaired) electrons. The predicted octanol–water partition coefficient (Wildman–Crippen LogP) is 1.43. The fourth-order valence-corrected chi connectivity index (χ4v) is 4.64. The van der Waals surface area contributed by atoms with E-state index in [0.29, 0.717) is 25.9 Å². The Morgan fingerprint density at radius 3 is 2.27 bits per heavy atom. The van der Waals surface area contributed by atoms with E-state index in [0.717, 1.165) is 12.0 Å². The Balaban J connectivity index is 1.81. The monoisotopic (exact) mass is 322 g/mol. The lowest BCUT2D eigenvalue weighted by atomic mass is 9.82. The Morgan fingerprint density at radius 2 is 1.73 bits per heavy atom. The maximum Gasteiger partial charge on any atom is 0.230 e. The lowest BCUT2D eigenvalue weighted by molar-refractivity contribution is -0.131. The first-order valence-electron chi connectivity index (χ1n) is 7.61. The van der Waals surface area contributed by atoms with Gasteiger partial charge in [-0.05, 0) is 24.8 Å². The second-order valence-corrected chi connectivity index (χ2v) is 8.43. The van der Waals surface area contributed by atoms with Crippen molar-refractivity contribution in [1.29, 1.82) is 0 Å². The van der Waals surface area contributed by atoms with Crippen molar-refractivity contribution in [3.05, 3.63) is 35.9 Å². The third-order valence-corrected chi connectivity index (χ3v) is 6.55. The summed E-state index contributed by atoms with van der Waals surface area (Å²) >= 11 is 0. The molecule has 0 bridgehead atoms. The van der Waals surface area contributed by atoms with Gasteiger partial charge in [0.15, 0.2) is 0 Å². The van der Waals surface area contributed by atoms with Crippen LogP contribution < -0.4 is 0 Å². The summed E-state index contributed by atoms with van der Waals surface area (Å²) in [4.78, 5) is 14.5. The van der Waals surface area contributed by atoms with Crippen LogP contribution in [0.2, 0.25) is 0 Å². The van der Waals surface area contributed by atoms with Crippen molar-refractivity contribution in [3.63, 3.8) is 0 Å². The summed E-state index contributed by atoms with van der Waals surface area (Å²) in [5.41, 5.74) is 0.862. The van der Waals surface area contributed by atoms with E-state index in [4.69, 9.17) is 0 Å². The van der Waals surface area contributed by atoms with Crippen LogP contribution in [0.1, 0.15) is 30.7 Å². The van der Waals surface area contributed by atoms with Gasteiger partial charge in [-0.15, -0.1) is 0 Å².